The number of aliphatic hydroxyl groups excluding tert-OH is 1. The SMILES string of the molecule is CC(=O)c1ccc(OCC(O)CNC(c2cccc(F)c2)c2nccn2C)cc1. The van der Waals surface area contributed by atoms with Crippen LogP contribution >= 0.6 is 0 Å². The van der Waals surface area contributed by atoms with Gasteiger partial charge in [0.2, 0.25) is 0 Å². The second-order valence-electron chi connectivity index (χ2n) is 6.84. The van der Waals surface area contributed by atoms with Gasteiger partial charge >= 0.3 is 0 Å². The van der Waals surface area contributed by atoms with E-state index in [1.54, 1.807) is 36.5 Å². The van der Waals surface area contributed by atoms with Crippen molar-refractivity contribution in [3.8, 4) is 5.75 Å². The molecule has 3 aromatic rings. The maximum atomic E-state index is 13.7. The van der Waals surface area contributed by atoms with Crippen LogP contribution < -0.4 is 10.1 Å². The number of benzene rings is 2. The Morgan fingerprint density at radius 1 is 1.28 bits per heavy atom. The molecule has 0 radical (unpaired) electrons. The molecule has 0 aliphatic heterocycles. The van der Waals surface area contributed by atoms with E-state index in [-0.39, 0.29) is 30.8 Å². The first kappa shape index (κ1) is 20.7. The molecule has 7 heteroatoms. The summed E-state index contributed by atoms with van der Waals surface area (Å²) in [6.07, 6.45) is 2.69. The van der Waals surface area contributed by atoms with Crippen LogP contribution in [0.5, 0.6) is 5.75 Å². The number of carbonyl (C=O) groups is 1. The number of imidazole rings is 1. The van der Waals surface area contributed by atoms with Crippen molar-refractivity contribution in [3.05, 3.63) is 83.7 Å². The van der Waals surface area contributed by atoms with Gasteiger partial charge in [0.25, 0.3) is 0 Å². The zero-order valence-corrected chi connectivity index (χ0v) is 16.4. The fourth-order valence-corrected chi connectivity index (χ4v) is 2.99. The first-order valence-corrected chi connectivity index (χ1v) is 9.32. The van der Waals surface area contributed by atoms with Gasteiger partial charge in [-0.3, -0.25) is 4.79 Å². The average molecular weight is 397 g/mol. The van der Waals surface area contributed by atoms with Gasteiger partial charge in [0.15, 0.2) is 5.78 Å². The predicted molar refractivity (Wildman–Crippen MR) is 107 cm³/mol. The number of aliphatic hydroxyl groups is 1. The Labute approximate surface area is 169 Å². The molecular formula is C22H24FN3O3. The van der Waals surface area contributed by atoms with Gasteiger partial charge in [-0.05, 0) is 48.9 Å². The van der Waals surface area contributed by atoms with Gasteiger partial charge < -0.3 is 19.7 Å². The highest BCUT2D eigenvalue weighted by Gasteiger charge is 2.20. The number of aromatic nitrogens is 2. The highest BCUT2D eigenvalue weighted by molar-refractivity contribution is 5.94. The summed E-state index contributed by atoms with van der Waals surface area (Å²) in [4.78, 5) is 15.7. The Kier molecular flexibility index (Phi) is 6.74. The van der Waals surface area contributed by atoms with E-state index in [1.807, 2.05) is 23.9 Å². The van der Waals surface area contributed by atoms with Crippen LogP contribution in [-0.4, -0.2) is 39.7 Å². The molecule has 1 heterocycles. The third-order valence-corrected chi connectivity index (χ3v) is 4.56. The van der Waals surface area contributed by atoms with E-state index >= 15 is 0 Å². The van der Waals surface area contributed by atoms with Gasteiger partial charge in [0, 0.05) is 31.5 Å². The molecule has 2 aromatic carbocycles. The van der Waals surface area contributed by atoms with Crippen LogP contribution in [0.1, 0.15) is 34.7 Å². The maximum Gasteiger partial charge on any atom is 0.159 e. The van der Waals surface area contributed by atoms with Crippen molar-refractivity contribution in [1.82, 2.24) is 14.9 Å². The topological polar surface area (TPSA) is 76.4 Å². The molecule has 29 heavy (non-hydrogen) atoms. The average Bonchev–Trinajstić information content (AvgIpc) is 3.12. The molecule has 0 saturated heterocycles. The van der Waals surface area contributed by atoms with E-state index < -0.39 is 6.10 Å². The molecule has 0 fully saturated rings. The lowest BCUT2D eigenvalue weighted by Gasteiger charge is -2.21. The molecular weight excluding hydrogens is 373 g/mol. The minimum absolute atomic E-state index is 0.0153. The van der Waals surface area contributed by atoms with Crippen LogP contribution in [0.4, 0.5) is 4.39 Å². The minimum atomic E-state index is -0.793. The fraction of sp³-hybridized carbons (Fsp3) is 0.273. The number of hydrogen-bond acceptors (Lipinski definition) is 5. The van der Waals surface area contributed by atoms with Gasteiger partial charge in [-0.25, -0.2) is 9.37 Å². The molecule has 0 spiro atoms. The van der Waals surface area contributed by atoms with E-state index in [2.05, 4.69) is 10.3 Å². The maximum absolute atomic E-state index is 13.7. The molecule has 0 bridgehead atoms. The summed E-state index contributed by atoms with van der Waals surface area (Å²) >= 11 is 0. The van der Waals surface area contributed by atoms with Crippen LogP contribution in [0, 0.1) is 5.82 Å². The summed E-state index contributed by atoms with van der Waals surface area (Å²) in [7, 11) is 1.86. The smallest absolute Gasteiger partial charge is 0.159 e. The van der Waals surface area contributed by atoms with E-state index in [0.717, 1.165) is 0 Å². The van der Waals surface area contributed by atoms with E-state index in [0.29, 0.717) is 22.7 Å². The fourth-order valence-electron chi connectivity index (χ4n) is 2.99. The second-order valence-corrected chi connectivity index (χ2v) is 6.84. The first-order chi connectivity index (χ1) is 13.9. The summed E-state index contributed by atoms with van der Waals surface area (Å²) < 4.78 is 21.2. The van der Waals surface area contributed by atoms with Gasteiger partial charge in [0.1, 0.15) is 30.1 Å². The molecule has 0 amide bonds. The molecule has 1 aromatic heterocycles. The van der Waals surface area contributed by atoms with Gasteiger partial charge in [-0.1, -0.05) is 12.1 Å². The normalized spacial score (nSPS) is 13.1. The Hall–Kier alpha value is -3.03. The Balaban J connectivity index is 1.61. The summed E-state index contributed by atoms with van der Waals surface area (Å²) in [5.74, 6) is 0.934. The molecule has 2 unspecified atom stereocenters. The van der Waals surface area contributed by atoms with Crippen LogP contribution in [0.15, 0.2) is 60.9 Å². The summed E-state index contributed by atoms with van der Waals surface area (Å²) in [5.41, 5.74) is 1.32. The largest absolute Gasteiger partial charge is 0.491 e. The van der Waals surface area contributed by atoms with E-state index in [9.17, 15) is 14.3 Å². The Bertz CT molecular complexity index is 956. The van der Waals surface area contributed by atoms with Gasteiger partial charge in [-0.15, -0.1) is 0 Å². The van der Waals surface area contributed by atoms with Crippen LogP contribution in [0.2, 0.25) is 0 Å². The standard InChI is InChI=1S/C22H24FN3O3/c1-15(27)16-6-8-20(9-7-16)29-14-19(28)13-25-21(22-24-10-11-26(22)2)17-4-3-5-18(23)12-17/h3-12,19,21,25,28H,13-14H2,1-2H3. The number of ether oxygens (including phenoxy) is 1. The summed E-state index contributed by atoms with van der Waals surface area (Å²) in [5, 5.41) is 13.6. The van der Waals surface area contributed by atoms with Gasteiger partial charge in [-0.2, -0.15) is 0 Å². The number of rotatable bonds is 9. The summed E-state index contributed by atoms with van der Waals surface area (Å²) in [6.45, 7) is 1.80. The minimum Gasteiger partial charge on any atom is -0.491 e. The lowest BCUT2D eigenvalue weighted by molar-refractivity contribution is 0.101. The predicted octanol–water partition coefficient (Wildman–Crippen LogP) is 2.88. The van der Waals surface area contributed by atoms with Crippen molar-refractivity contribution in [2.45, 2.75) is 19.1 Å². The molecule has 2 atom stereocenters. The zero-order valence-electron chi connectivity index (χ0n) is 16.4. The van der Waals surface area contributed by atoms with Crippen molar-refractivity contribution in [2.75, 3.05) is 13.2 Å². The van der Waals surface area contributed by atoms with Crippen LogP contribution in [0.3, 0.4) is 0 Å². The first-order valence-electron chi connectivity index (χ1n) is 9.32. The van der Waals surface area contributed by atoms with Crippen molar-refractivity contribution in [3.63, 3.8) is 0 Å². The number of nitrogens with one attached hydrogen (secondary N) is 1. The monoisotopic (exact) mass is 397 g/mol. The number of ketones is 1. The molecule has 2 N–H and O–H groups in total. The molecule has 0 aliphatic rings. The number of carbonyl (C=O) groups excluding carboxylic acids is 1. The van der Waals surface area contributed by atoms with Crippen LogP contribution in [0.25, 0.3) is 0 Å². The number of aryl methyl sites for hydroxylation is 1. The number of nitrogens with zero attached hydrogens (tertiary/aromatic N) is 2. The Morgan fingerprint density at radius 2 is 2.03 bits per heavy atom. The second kappa shape index (κ2) is 9.45. The number of hydrogen-bond donors (Lipinski definition) is 2. The lowest BCUT2D eigenvalue weighted by atomic mass is 10.1. The van der Waals surface area contributed by atoms with Crippen molar-refractivity contribution in [1.29, 1.82) is 0 Å². The zero-order chi connectivity index (χ0) is 20.8. The number of Topliss-reactive ketones (excluding diaryl/α,β-unsaturated/α-hetero) is 1. The van der Waals surface area contributed by atoms with Crippen LogP contribution in [-0.2, 0) is 7.05 Å². The molecule has 0 aliphatic carbocycles. The molecule has 6 nitrogen and oxygen atoms in total. The molecule has 0 saturated carbocycles. The van der Waals surface area contributed by atoms with Crippen molar-refractivity contribution < 1.29 is 19.0 Å². The third-order valence-electron chi connectivity index (χ3n) is 4.56. The van der Waals surface area contributed by atoms with E-state index in [1.165, 1.54) is 19.1 Å². The number of halogens is 1. The highest BCUT2D eigenvalue weighted by Crippen LogP contribution is 2.21. The van der Waals surface area contributed by atoms with Crippen molar-refractivity contribution >= 4 is 5.78 Å². The summed E-state index contributed by atoms with van der Waals surface area (Å²) in [6, 6.07) is 12.7. The van der Waals surface area contributed by atoms with E-state index in [4.69, 9.17) is 4.74 Å². The van der Waals surface area contributed by atoms with Crippen molar-refractivity contribution in [2.24, 2.45) is 7.05 Å². The third kappa shape index (κ3) is 5.49. The molecule has 152 valence electrons. The quantitative estimate of drug-likeness (QED) is 0.543. The lowest BCUT2D eigenvalue weighted by Crippen LogP contribution is -2.35. The Morgan fingerprint density at radius 3 is 2.66 bits per heavy atom. The highest BCUT2D eigenvalue weighted by atomic mass is 19.1. The van der Waals surface area contributed by atoms with Gasteiger partial charge in [0.05, 0.1) is 6.04 Å². The molecule has 3 rings (SSSR count).